The number of carbonyl (C=O) groups is 1. The van der Waals surface area contributed by atoms with Gasteiger partial charge in [0.05, 0.1) is 6.26 Å². The molecule has 0 aliphatic carbocycles. The van der Waals surface area contributed by atoms with Crippen molar-refractivity contribution in [3.63, 3.8) is 0 Å². The zero-order chi connectivity index (χ0) is 15.2. The van der Waals surface area contributed by atoms with Crippen LogP contribution in [0.25, 0.3) is 0 Å². The molecule has 3 aromatic rings. The average Bonchev–Trinajstić information content (AvgIpc) is 3.09. The summed E-state index contributed by atoms with van der Waals surface area (Å²) in [4.78, 5) is 16.1. The minimum atomic E-state index is -0.278. The van der Waals surface area contributed by atoms with Crippen molar-refractivity contribution in [3.8, 4) is 11.6 Å². The number of hydrogen-bond acceptors (Lipinski definition) is 4. The first-order chi connectivity index (χ1) is 10.8. The number of amides is 1. The minimum absolute atomic E-state index is 0.273. The monoisotopic (exact) mass is 294 g/mol. The van der Waals surface area contributed by atoms with E-state index in [4.69, 9.17) is 9.15 Å². The molecular weight excluding hydrogens is 280 g/mol. The Morgan fingerprint density at radius 2 is 1.95 bits per heavy atom. The fourth-order valence-corrected chi connectivity index (χ4v) is 1.92. The number of hydrogen-bond donors (Lipinski definition) is 1. The van der Waals surface area contributed by atoms with Crippen LogP contribution in [0.5, 0.6) is 11.6 Å². The second-order valence-corrected chi connectivity index (χ2v) is 4.54. The Morgan fingerprint density at radius 3 is 2.73 bits per heavy atom. The van der Waals surface area contributed by atoms with Gasteiger partial charge in [-0.05, 0) is 30.3 Å². The molecule has 0 fully saturated rings. The van der Waals surface area contributed by atoms with Crippen LogP contribution in [0, 0.1) is 0 Å². The van der Waals surface area contributed by atoms with E-state index in [0.29, 0.717) is 18.2 Å². The van der Waals surface area contributed by atoms with E-state index >= 15 is 0 Å². The number of rotatable bonds is 5. The summed E-state index contributed by atoms with van der Waals surface area (Å²) in [6, 6.07) is 16.3. The van der Waals surface area contributed by atoms with Crippen molar-refractivity contribution in [3.05, 3.63) is 78.4 Å². The summed E-state index contributed by atoms with van der Waals surface area (Å²) in [5.74, 6) is 1.15. The maximum Gasteiger partial charge on any atom is 0.287 e. The summed E-state index contributed by atoms with van der Waals surface area (Å²) in [5, 5.41) is 2.77. The molecule has 1 N–H and O–H groups in total. The van der Waals surface area contributed by atoms with E-state index < -0.39 is 0 Å². The smallest absolute Gasteiger partial charge is 0.287 e. The lowest BCUT2D eigenvalue weighted by atomic mass is 10.2. The van der Waals surface area contributed by atoms with Crippen LogP contribution in [0.2, 0.25) is 0 Å². The molecule has 2 heterocycles. The summed E-state index contributed by atoms with van der Waals surface area (Å²) in [7, 11) is 0. The van der Waals surface area contributed by atoms with Gasteiger partial charge >= 0.3 is 0 Å². The Morgan fingerprint density at radius 1 is 1.09 bits per heavy atom. The number of nitrogens with zero attached hydrogens (tertiary/aromatic N) is 1. The molecule has 0 unspecified atom stereocenters. The highest BCUT2D eigenvalue weighted by Gasteiger charge is 2.11. The molecule has 3 rings (SSSR count). The number of para-hydroxylation sites is 1. The molecule has 0 spiro atoms. The Labute approximate surface area is 127 Å². The fraction of sp³-hybridized carbons (Fsp3) is 0.0588. The maximum absolute atomic E-state index is 11.9. The highest BCUT2D eigenvalue weighted by molar-refractivity contribution is 5.91. The lowest BCUT2D eigenvalue weighted by Crippen LogP contribution is -2.22. The number of ether oxygens (including phenoxy) is 1. The van der Waals surface area contributed by atoms with Gasteiger partial charge in [-0.25, -0.2) is 4.98 Å². The van der Waals surface area contributed by atoms with Crippen LogP contribution in [-0.2, 0) is 6.54 Å². The first-order valence-corrected chi connectivity index (χ1v) is 6.81. The summed E-state index contributed by atoms with van der Waals surface area (Å²) in [6.45, 7) is 0.301. The molecule has 5 nitrogen and oxygen atoms in total. The van der Waals surface area contributed by atoms with Crippen LogP contribution in [-0.4, -0.2) is 10.9 Å². The highest BCUT2D eigenvalue weighted by atomic mass is 16.5. The molecule has 0 saturated carbocycles. The SMILES string of the molecule is O=C(NCc1cccnc1Oc1ccccc1)c1ccco1. The number of furan rings is 1. The summed E-state index contributed by atoms with van der Waals surface area (Å²) < 4.78 is 10.8. The molecule has 0 aliphatic heterocycles. The number of benzene rings is 1. The van der Waals surface area contributed by atoms with E-state index in [0.717, 1.165) is 5.56 Å². The standard InChI is InChI=1S/C17H14N2O3/c20-16(15-9-5-11-21-15)19-12-13-6-4-10-18-17(13)22-14-7-2-1-3-8-14/h1-11H,12H2,(H,19,20). The third kappa shape index (κ3) is 3.32. The van der Waals surface area contributed by atoms with Crippen molar-refractivity contribution >= 4 is 5.91 Å². The van der Waals surface area contributed by atoms with Crippen LogP contribution in [0.3, 0.4) is 0 Å². The summed E-state index contributed by atoms with van der Waals surface area (Å²) >= 11 is 0. The lowest BCUT2D eigenvalue weighted by Gasteiger charge is -2.10. The van der Waals surface area contributed by atoms with E-state index in [1.54, 1.807) is 24.4 Å². The van der Waals surface area contributed by atoms with Crippen molar-refractivity contribution in [1.29, 1.82) is 0 Å². The van der Waals surface area contributed by atoms with Gasteiger partial charge in [-0.3, -0.25) is 4.79 Å². The molecular formula is C17H14N2O3. The minimum Gasteiger partial charge on any atom is -0.459 e. The maximum atomic E-state index is 11.9. The molecule has 22 heavy (non-hydrogen) atoms. The van der Waals surface area contributed by atoms with Gasteiger partial charge < -0.3 is 14.5 Å². The van der Waals surface area contributed by atoms with Crippen LogP contribution in [0.15, 0.2) is 71.5 Å². The van der Waals surface area contributed by atoms with Gasteiger partial charge in [-0.2, -0.15) is 0 Å². The molecule has 0 saturated heterocycles. The zero-order valence-electron chi connectivity index (χ0n) is 11.7. The van der Waals surface area contributed by atoms with Crippen LogP contribution in [0.1, 0.15) is 16.1 Å². The predicted molar refractivity (Wildman–Crippen MR) is 80.6 cm³/mol. The van der Waals surface area contributed by atoms with Gasteiger partial charge in [0.15, 0.2) is 5.76 Å². The molecule has 2 aromatic heterocycles. The van der Waals surface area contributed by atoms with Crippen molar-refractivity contribution < 1.29 is 13.9 Å². The Hall–Kier alpha value is -3.08. The third-order valence-electron chi connectivity index (χ3n) is 2.99. The highest BCUT2D eigenvalue weighted by Crippen LogP contribution is 2.22. The van der Waals surface area contributed by atoms with Gasteiger partial charge in [0, 0.05) is 18.3 Å². The first kappa shape index (κ1) is 13.9. The molecule has 110 valence electrons. The van der Waals surface area contributed by atoms with E-state index in [1.165, 1.54) is 6.26 Å². The second kappa shape index (κ2) is 6.58. The van der Waals surface area contributed by atoms with Crippen molar-refractivity contribution in [2.24, 2.45) is 0 Å². The first-order valence-electron chi connectivity index (χ1n) is 6.81. The van der Waals surface area contributed by atoms with E-state index in [9.17, 15) is 4.79 Å². The molecule has 5 heteroatoms. The number of aromatic nitrogens is 1. The Bertz CT molecular complexity index is 740. The quantitative estimate of drug-likeness (QED) is 0.783. The Kier molecular flexibility index (Phi) is 4.15. The molecule has 0 atom stereocenters. The lowest BCUT2D eigenvalue weighted by molar-refractivity contribution is 0.0923. The van der Waals surface area contributed by atoms with Crippen molar-refractivity contribution in [1.82, 2.24) is 10.3 Å². The molecule has 0 aliphatic rings. The van der Waals surface area contributed by atoms with Gasteiger partial charge in [-0.15, -0.1) is 0 Å². The molecule has 1 amide bonds. The van der Waals surface area contributed by atoms with Crippen LogP contribution >= 0.6 is 0 Å². The topological polar surface area (TPSA) is 64.4 Å². The zero-order valence-corrected chi connectivity index (χ0v) is 11.7. The third-order valence-corrected chi connectivity index (χ3v) is 2.99. The van der Waals surface area contributed by atoms with Gasteiger partial charge in [-0.1, -0.05) is 24.3 Å². The largest absolute Gasteiger partial charge is 0.459 e. The second-order valence-electron chi connectivity index (χ2n) is 4.54. The summed E-state index contributed by atoms with van der Waals surface area (Å²) in [5.41, 5.74) is 0.784. The van der Waals surface area contributed by atoms with Crippen LogP contribution < -0.4 is 10.1 Å². The molecule has 1 aromatic carbocycles. The number of carbonyl (C=O) groups excluding carboxylic acids is 1. The van der Waals surface area contributed by atoms with Gasteiger partial charge in [0.2, 0.25) is 5.88 Å². The fourth-order valence-electron chi connectivity index (χ4n) is 1.92. The van der Waals surface area contributed by atoms with E-state index in [2.05, 4.69) is 10.3 Å². The van der Waals surface area contributed by atoms with Gasteiger partial charge in [0.25, 0.3) is 5.91 Å². The predicted octanol–water partition coefficient (Wildman–Crippen LogP) is 3.40. The van der Waals surface area contributed by atoms with Crippen molar-refractivity contribution in [2.75, 3.05) is 0 Å². The number of nitrogens with one attached hydrogen (secondary N) is 1. The van der Waals surface area contributed by atoms with Crippen LogP contribution in [0.4, 0.5) is 0 Å². The average molecular weight is 294 g/mol. The van der Waals surface area contributed by atoms with Crippen molar-refractivity contribution in [2.45, 2.75) is 6.54 Å². The molecule has 0 radical (unpaired) electrons. The van der Waals surface area contributed by atoms with Gasteiger partial charge in [0.1, 0.15) is 5.75 Å². The number of pyridine rings is 1. The normalized spacial score (nSPS) is 10.2. The van der Waals surface area contributed by atoms with E-state index in [-0.39, 0.29) is 11.7 Å². The Balaban J connectivity index is 1.70. The molecule has 0 bridgehead atoms. The van der Waals surface area contributed by atoms with E-state index in [1.807, 2.05) is 36.4 Å². The summed E-state index contributed by atoms with van der Waals surface area (Å²) in [6.07, 6.45) is 3.11.